The van der Waals surface area contributed by atoms with E-state index in [-0.39, 0.29) is 0 Å². The smallest absolute Gasteiger partial charge is 0.504 e. The Labute approximate surface area is 169 Å². The van der Waals surface area contributed by atoms with Crippen LogP contribution in [0.2, 0.25) is 0 Å². The monoisotopic (exact) mass is 410 g/mol. The van der Waals surface area contributed by atoms with E-state index in [1.54, 1.807) is 6.07 Å². The van der Waals surface area contributed by atoms with E-state index in [0.717, 1.165) is 18.8 Å². The number of para-hydroxylation sites is 3. The predicted molar refractivity (Wildman–Crippen MR) is 111 cm³/mol. The van der Waals surface area contributed by atoms with Crippen LogP contribution in [0.1, 0.15) is 50.7 Å². The van der Waals surface area contributed by atoms with Gasteiger partial charge in [0.05, 0.1) is 0 Å². The van der Waals surface area contributed by atoms with Gasteiger partial charge in [0, 0.05) is 11.1 Å². The normalized spacial score (nSPS) is 14.1. The lowest BCUT2D eigenvalue weighted by atomic mass is 9.92. The van der Waals surface area contributed by atoms with Gasteiger partial charge in [0.1, 0.15) is 18.8 Å². The molecular formula is C21H27BF4N2O. The van der Waals surface area contributed by atoms with Crippen LogP contribution >= 0.6 is 0 Å². The third-order valence-corrected chi connectivity index (χ3v) is 4.68. The summed E-state index contributed by atoms with van der Waals surface area (Å²) in [7, 11) is -6.00. The van der Waals surface area contributed by atoms with E-state index in [1.165, 1.54) is 16.8 Å². The van der Waals surface area contributed by atoms with Gasteiger partial charge in [-0.15, -0.1) is 0 Å². The van der Waals surface area contributed by atoms with E-state index in [2.05, 4.69) is 61.7 Å². The molecule has 3 nitrogen and oxygen atoms in total. The zero-order valence-corrected chi connectivity index (χ0v) is 17.1. The highest BCUT2D eigenvalue weighted by molar-refractivity contribution is 6.50. The average molecular weight is 410 g/mol. The van der Waals surface area contributed by atoms with Crippen LogP contribution in [0.25, 0.3) is 0 Å². The average Bonchev–Trinajstić information content (AvgIpc) is 3.09. The first-order chi connectivity index (χ1) is 13.5. The van der Waals surface area contributed by atoms with E-state index in [9.17, 15) is 22.4 Å². The molecule has 1 aliphatic rings. The first-order valence-corrected chi connectivity index (χ1v) is 9.65. The fraction of sp³-hybridized carbons (Fsp3) is 0.381. The molecule has 1 heterocycles. The fourth-order valence-electron chi connectivity index (χ4n) is 3.40. The zero-order chi connectivity index (χ0) is 21.8. The molecule has 0 saturated heterocycles. The van der Waals surface area contributed by atoms with Crippen molar-refractivity contribution in [1.29, 1.82) is 0 Å². The summed E-state index contributed by atoms with van der Waals surface area (Å²) in [5, 5.41) is 10.1. The second-order valence-corrected chi connectivity index (χ2v) is 7.58. The summed E-state index contributed by atoms with van der Waals surface area (Å²) in [6, 6.07) is 14.2. The summed E-state index contributed by atoms with van der Waals surface area (Å²) < 4.78 is 41.3. The molecule has 2 aromatic rings. The maximum atomic E-state index is 10.1. The summed E-state index contributed by atoms with van der Waals surface area (Å²) in [6.45, 7) is 10.8. The van der Waals surface area contributed by atoms with Crippen molar-refractivity contribution in [2.75, 3.05) is 18.0 Å². The highest BCUT2D eigenvalue weighted by Crippen LogP contribution is 2.36. The van der Waals surface area contributed by atoms with Crippen LogP contribution in [0.3, 0.4) is 0 Å². The van der Waals surface area contributed by atoms with Crippen LogP contribution in [0.5, 0.6) is 5.75 Å². The molecule has 0 amide bonds. The number of aromatic hydroxyl groups is 1. The predicted octanol–water partition coefficient (Wildman–Crippen LogP) is 6.13. The van der Waals surface area contributed by atoms with Gasteiger partial charge >= 0.3 is 7.25 Å². The number of rotatable bonds is 4. The largest absolute Gasteiger partial charge is 0.673 e. The highest BCUT2D eigenvalue weighted by Gasteiger charge is 2.28. The Bertz CT molecular complexity index is 834. The first kappa shape index (κ1) is 22.8. The summed E-state index contributed by atoms with van der Waals surface area (Å²) in [5.74, 6) is 1.29. The molecule has 29 heavy (non-hydrogen) atoms. The molecule has 0 radical (unpaired) electrons. The number of halogens is 4. The SMILES string of the molecule is CC(C)c1cccc(C(C)C)c1[N+]1=CN(c2ccccc2O)CC1.F[B-](F)(F)F. The minimum absolute atomic E-state index is 0.330. The Hall–Kier alpha value is -2.51. The van der Waals surface area contributed by atoms with Crippen LogP contribution < -0.4 is 4.90 Å². The molecule has 0 aliphatic carbocycles. The molecule has 158 valence electrons. The second kappa shape index (κ2) is 9.33. The molecule has 3 rings (SSSR count). The minimum Gasteiger partial charge on any atom is -0.504 e. The van der Waals surface area contributed by atoms with Crippen molar-refractivity contribution in [1.82, 2.24) is 0 Å². The van der Waals surface area contributed by atoms with Gasteiger partial charge in [-0.05, 0) is 24.0 Å². The van der Waals surface area contributed by atoms with E-state index < -0.39 is 7.25 Å². The first-order valence-electron chi connectivity index (χ1n) is 9.65. The lowest BCUT2D eigenvalue weighted by Gasteiger charge is -2.17. The van der Waals surface area contributed by atoms with E-state index in [1.807, 2.05) is 18.2 Å². The lowest BCUT2D eigenvalue weighted by molar-refractivity contribution is -0.425. The number of phenols is 1. The number of phenolic OH excluding ortho intramolecular Hbond substituents is 1. The van der Waals surface area contributed by atoms with Crippen LogP contribution in [-0.2, 0) is 0 Å². The standard InChI is InChI=1S/C21H26N2O.BF4/c1-15(2)17-8-7-9-18(16(3)4)21(17)23-13-12-22(14-23)19-10-5-6-11-20(19)24;2-1(3,4)5/h5-11,14-16H,12-13H2,1-4H3;/q;-1/p+1. The summed E-state index contributed by atoms with van der Waals surface area (Å²) in [5.41, 5.74) is 4.97. The van der Waals surface area contributed by atoms with Gasteiger partial charge in [0.25, 0.3) is 0 Å². The third-order valence-electron chi connectivity index (χ3n) is 4.68. The van der Waals surface area contributed by atoms with Gasteiger partial charge in [-0.25, -0.2) is 9.48 Å². The van der Waals surface area contributed by atoms with Crippen LogP contribution in [0.15, 0.2) is 42.5 Å². The van der Waals surface area contributed by atoms with Gasteiger partial charge < -0.3 is 22.4 Å². The van der Waals surface area contributed by atoms with Gasteiger partial charge in [-0.3, -0.25) is 0 Å². The molecule has 0 unspecified atom stereocenters. The summed E-state index contributed by atoms with van der Waals surface area (Å²) >= 11 is 0. The molecule has 1 N–H and O–H groups in total. The van der Waals surface area contributed by atoms with Crippen LogP contribution in [0, 0.1) is 0 Å². The zero-order valence-electron chi connectivity index (χ0n) is 17.1. The number of hydrogen-bond donors (Lipinski definition) is 1. The van der Waals surface area contributed by atoms with Crippen molar-refractivity contribution in [2.24, 2.45) is 0 Å². The maximum Gasteiger partial charge on any atom is 0.673 e. The Morgan fingerprint density at radius 2 is 1.41 bits per heavy atom. The van der Waals surface area contributed by atoms with E-state index in [0.29, 0.717) is 17.6 Å². The van der Waals surface area contributed by atoms with Gasteiger partial charge in [-0.2, -0.15) is 0 Å². The minimum atomic E-state index is -6.00. The van der Waals surface area contributed by atoms with Crippen molar-refractivity contribution in [3.63, 3.8) is 0 Å². The number of nitrogens with zero attached hydrogens (tertiary/aromatic N) is 2. The van der Waals surface area contributed by atoms with Crippen molar-refractivity contribution < 1.29 is 26.9 Å². The summed E-state index contributed by atoms with van der Waals surface area (Å²) in [4.78, 5) is 2.14. The third kappa shape index (κ3) is 6.24. The number of hydrogen-bond acceptors (Lipinski definition) is 2. The van der Waals surface area contributed by atoms with Gasteiger partial charge in [0.15, 0.2) is 11.4 Å². The van der Waals surface area contributed by atoms with E-state index in [4.69, 9.17) is 0 Å². The highest BCUT2D eigenvalue weighted by atomic mass is 19.5. The fourth-order valence-corrected chi connectivity index (χ4v) is 3.40. The molecule has 0 aromatic heterocycles. The molecule has 0 saturated carbocycles. The Morgan fingerprint density at radius 1 is 0.897 bits per heavy atom. The lowest BCUT2D eigenvalue weighted by Crippen LogP contribution is -2.18. The van der Waals surface area contributed by atoms with E-state index >= 15 is 0 Å². The second-order valence-electron chi connectivity index (χ2n) is 7.58. The Kier molecular flexibility index (Phi) is 7.33. The molecule has 1 aliphatic heterocycles. The topological polar surface area (TPSA) is 26.5 Å². The molecular weight excluding hydrogens is 383 g/mol. The molecule has 0 bridgehead atoms. The Morgan fingerprint density at radius 3 is 1.90 bits per heavy atom. The summed E-state index contributed by atoms with van der Waals surface area (Å²) in [6.07, 6.45) is 2.14. The maximum absolute atomic E-state index is 10.1. The molecule has 0 spiro atoms. The van der Waals surface area contributed by atoms with Gasteiger partial charge in [0.2, 0.25) is 6.34 Å². The van der Waals surface area contributed by atoms with Crippen molar-refractivity contribution in [3.05, 3.63) is 53.6 Å². The molecule has 2 aromatic carbocycles. The van der Waals surface area contributed by atoms with Crippen LogP contribution in [0.4, 0.5) is 28.6 Å². The molecule has 0 atom stereocenters. The van der Waals surface area contributed by atoms with Crippen molar-refractivity contribution >= 4 is 25.0 Å². The quantitative estimate of drug-likeness (QED) is 0.373. The Balaban J connectivity index is 0.000000537. The van der Waals surface area contributed by atoms with Gasteiger partial charge in [-0.1, -0.05) is 58.0 Å². The van der Waals surface area contributed by atoms with Crippen LogP contribution in [-0.4, -0.2) is 36.4 Å². The molecule has 8 heteroatoms. The molecule has 0 fully saturated rings. The van der Waals surface area contributed by atoms with Crippen molar-refractivity contribution in [2.45, 2.75) is 39.5 Å². The van der Waals surface area contributed by atoms with Crippen molar-refractivity contribution in [3.8, 4) is 5.75 Å². The number of benzene rings is 2. The number of anilines is 1.